The summed E-state index contributed by atoms with van der Waals surface area (Å²) in [7, 11) is 1.35. The minimum Gasteiger partial charge on any atom is -0.447 e. The van der Waals surface area contributed by atoms with E-state index in [1.165, 1.54) is 20.2 Å². The van der Waals surface area contributed by atoms with Crippen molar-refractivity contribution in [1.82, 2.24) is 19.4 Å². The number of aryl methyl sites for hydroxylation is 1. The van der Waals surface area contributed by atoms with E-state index in [-0.39, 0.29) is 5.09 Å². The third-order valence-electron chi connectivity index (χ3n) is 3.15. The third-order valence-corrected chi connectivity index (χ3v) is 4.84. The molecular weight excluding hydrogens is 292 g/mol. The van der Waals surface area contributed by atoms with Gasteiger partial charge in [0.25, 0.3) is 10.0 Å². The molecule has 0 saturated carbocycles. The highest BCUT2D eigenvalue weighted by Crippen LogP contribution is 2.16. The summed E-state index contributed by atoms with van der Waals surface area (Å²) >= 11 is 0. The number of nitrogens with one attached hydrogen (secondary N) is 1. The molecule has 0 radical (unpaired) electrons. The Balaban J connectivity index is 1.85. The molecule has 2 heterocycles. The fourth-order valence-corrected chi connectivity index (χ4v) is 2.66. The van der Waals surface area contributed by atoms with E-state index in [1.54, 1.807) is 12.3 Å². The van der Waals surface area contributed by atoms with E-state index in [2.05, 4.69) is 10.4 Å². The van der Waals surface area contributed by atoms with Crippen molar-refractivity contribution in [3.63, 3.8) is 0 Å². The number of sulfonamides is 1. The molecule has 0 amide bonds. The van der Waals surface area contributed by atoms with Gasteiger partial charge in [-0.15, -0.1) is 0 Å². The minimum atomic E-state index is -3.50. The van der Waals surface area contributed by atoms with Crippen molar-refractivity contribution >= 4 is 10.0 Å². The smallest absolute Gasteiger partial charge is 0.275 e. The lowest BCUT2D eigenvalue weighted by Crippen LogP contribution is -2.21. The number of hydrogen-bond donors (Lipinski definition) is 1. The first-order valence-electron chi connectivity index (χ1n) is 6.60. The highest BCUT2D eigenvalue weighted by Gasteiger charge is 2.21. The Bertz CT molecular complexity index is 688. The van der Waals surface area contributed by atoms with E-state index < -0.39 is 10.0 Å². The lowest BCUT2D eigenvalue weighted by molar-refractivity contribution is 0.389. The second-order valence-corrected chi connectivity index (χ2v) is 6.96. The highest BCUT2D eigenvalue weighted by atomic mass is 32.2. The van der Waals surface area contributed by atoms with Crippen LogP contribution in [-0.2, 0) is 30.0 Å². The van der Waals surface area contributed by atoms with Crippen molar-refractivity contribution in [2.24, 2.45) is 7.05 Å². The minimum absolute atomic E-state index is 0.0315. The van der Waals surface area contributed by atoms with Gasteiger partial charge in [0.2, 0.25) is 5.09 Å². The van der Waals surface area contributed by atoms with Crippen LogP contribution in [0.4, 0.5) is 0 Å². The molecule has 2 rings (SSSR count). The van der Waals surface area contributed by atoms with Gasteiger partial charge in [-0.3, -0.25) is 4.68 Å². The molecule has 0 spiro atoms. The average molecular weight is 312 g/mol. The molecule has 0 unspecified atom stereocenters. The lowest BCUT2D eigenvalue weighted by atomic mass is 10.3. The van der Waals surface area contributed by atoms with Gasteiger partial charge >= 0.3 is 0 Å². The molecule has 116 valence electrons. The summed E-state index contributed by atoms with van der Waals surface area (Å²) < 4.78 is 32.1. The SMILES string of the molecule is CN(C)S(=O)(=O)c1ccc(CNCCc2ccnn2C)o1. The monoisotopic (exact) mass is 312 g/mol. The molecule has 0 aliphatic heterocycles. The molecule has 7 nitrogen and oxygen atoms in total. The van der Waals surface area contributed by atoms with E-state index in [4.69, 9.17) is 4.42 Å². The van der Waals surface area contributed by atoms with Crippen molar-refractivity contribution in [3.8, 4) is 0 Å². The van der Waals surface area contributed by atoms with Crippen LogP contribution in [-0.4, -0.2) is 43.1 Å². The van der Waals surface area contributed by atoms with Crippen LogP contribution >= 0.6 is 0 Å². The number of rotatable bonds is 7. The zero-order chi connectivity index (χ0) is 15.5. The van der Waals surface area contributed by atoms with Crippen molar-refractivity contribution in [3.05, 3.63) is 35.9 Å². The van der Waals surface area contributed by atoms with Crippen LogP contribution in [0.15, 0.2) is 33.9 Å². The quantitative estimate of drug-likeness (QED) is 0.757. The van der Waals surface area contributed by atoms with Crippen molar-refractivity contribution < 1.29 is 12.8 Å². The van der Waals surface area contributed by atoms with E-state index in [0.717, 1.165) is 23.0 Å². The number of hydrogen-bond acceptors (Lipinski definition) is 5. The van der Waals surface area contributed by atoms with Gasteiger partial charge in [0, 0.05) is 46.0 Å². The molecular formula is C13H20N4O3S. The molecule has 0 atom stereocenters. The van der Waals surface area contributed by atoms with Gasteiger partial charge in [-0.2, -0.15) is 5.10 Å². The highest BCUT2D eigenvalue weighted by molar-refractivity contribution is 7.88. The van der Waals surface area contributed by atoms with Crippen LogP contribution in [0.2, 0.25) is 0 Å². The first kappa shape index (κ1) is 15.7. The summed E-state index contributed by atoms with van der Waals surface area (Å²) in [5.41, 5.74) is 1.14. The van der Waals surface area contributed by atoms with Crippen LogP contribution in [0.25, 0.3) is 0 Å². The molecule has 0 fully saturated rings. The van der Waals surface area contributed by atoms with Crippen molar-refractivity contribution in [2.45, 2.75) is 18.1 Å². The standard InChI is InChI=1S/C13H20N4O3S/c1-16(2)21(18,19)13-5-4-12(20-13)10-14-8-6-11-7-9-15-17(11)3/h4-5,7,9,14H,6,8,10H2,1-3H3. The summed E-state index contributed by atoms with van der Waals surface area (Å²) in [6, 6.07) is 5.12. The van der Waals surface area contributed by atoms with Crippen LogP contribution in [0, 0.1) is 0 Å². The molecule has 2 aromatic rings. The normalized spacial score (nSPS) is 12.2. The number of nitrogens with zero attached hydrogens (tertiary/aromatic N) is 3. The van der Waals surface area contributed by atoms with Gasteiger partial charge in [-0.05, 0) is 18.2 Å². The molecule has 0 saturated heterocycles. The van der Waals surface area contributed by atoms with E-state index in [1.807, 2.05) is 17.8 Å². The largest absolute Gasteiger partial charge is 0.447 e. The Hall–Kier alpha value is -1.64. The van der Waals surface area contributed by atoms with E-state index >= 15 is 0 Å². The van der Waals surface area contributed by atoms with Gasteiger partial charge < -0.3 is 9.73 Å². The second-order valence-electron chi connectivity index (χ2n) is 4.88. The van der Waals surface area contributed by atoms with Gasteiger partial charge in [-0.25, -0.2) is 12.7 Å². The first-order valence-corrected chi connectivity index (χ1v) is 8.04. The van der Waals surface area contributed by atoms with Crippen molar-refractivity contribution in [1.29, 1.82) is 0 Å². The summed E-state index contributed by atoms with van der Waals surface area (Å²) in [5, 5.41) is 7.29. The van der Waals surface area contributed by atoms with Gasteiger partial charge in [0.1, 0.15) is 5.76 Å². The Morgan fingerprint density at radius 3 is 2.71 bits per heavy atom. The van der Waals surface area contributed by atoms with Crippen LogP contribution in [0.5, 0.6) is 0 Å². The van der Waals surface area contributed by atoms with Crippen molar-refractivity contribution in [2.75, 3.05) is 20.6 Å². The molecule has 0 bridgehead atoms. The maximum atomic E-state index is 11.9. The predicted octanol–water partition coefficient (Wildman–Crippen LogP) is 0.596. The summed E-state index contributed by atoms with van der Waals surface area (Å²) in [5.74, 6) is 0.598. The maximum absolute atomic E-state index is 11.9. The average Bonchev–Trinajstić information content (AvgIpc) is 3.04. The van der Waals surface area contributed by atoms with Gasteiger partial charge in [0.15, 0.2) is 0 Å². The Morgan fingerprint density at radius 2 is 2.10 bits per heavy atom. The van der Waals surface area contributed by atoms with E-state index in [9.17, 15) is 8.42 Å². The topological polar surface area (TPSA) is 80.4 Å². The summed E-state index contributed by atoms with van der Waals surface area (Å²) in [6.07, 6.45) is 2.61. The number of furan rings is 1. The summed E-state index contributed by atoms with van der Waals surface area (Å²) in [6.45, 7) is 1.25. The Labute approximate surface area is 124 Å². The van der Waals surface area contributed by atoms with Gasteiger partial charge in [0.05, 0.1) is 6.54 Å². The Kier molecular flexibility index (Phi) is 4.81. The lowest BCUT2D eigenvalue weighted by Gasteiger charge is -2.08. The van der Waals surface area contributed by atoms with Gasteiger partial charge in [-0.1, -0.05) is 0 Å². The van der Waals surface area contributed by atoms with Crippen LogP contribution in [0.3, 0.4) is 0 Å². The number of aromatic nitrogens is 2. The third kappa shape index (κ3) is 3.72. The van der Waals surface area contributed by atoms with E-state index in [0.29, 0.717) is 12.3 Å². The molecule has 0 aliphatic carbocycles. The zero-order valence-electron chi connectivity index (χ0n) is 12.4. The Morgan fingerprint density at radius 1 is 1.33 bits per heavy atom. The molecule has 1 N–H and O–H groups in total. The molecule has 8 heteroatoms. The van der Waals surface area contributed by atoms with Crippen LogP contribution < -0.4 is 5.32 Å². The first-order chi connectivity index (χ1) is 9.91. The fourth-order valence-electron chi connectivity index (χ4n) is 1.85. The molecule has 2 aromatic heterocycles. The summed E-state index contributed by atoms with van der Waals surface area (Å²) in [4.78, 5) is 0. The fraction of sp³-hybridized carbons (Fsp3) is 0.462. The zero-order valence-corrected chi connectivity index (χ0v) is 13.2. The molecule has 0 aliphatic rings. The maximum Gasteiger partial charge on any atom is 0.275 e. The second kappa shape index (κ2) is 6.42. The molecule has 0 aromatic carbocycles. The predicted molar refractivity (Wildman–Crippen MR) is 78.2 cm³/mol. The molecule has 21 heavy (non-hydrogen) atoms. The van der Waals surface area contributed by atoms with Crippen LogP contribution in [0.1, 0.15) is 11.5 Å².